The number of rotatable bonds is 3. The van der Waals surface area contributed by atoms with Gasteiger partial charge in [-0.15, -0.1) is 0 Å². The summed E-state index contributed by atoms with van der Waals surface area (Å²) in [4.78, 5) is 18.4. The Hall–Kier alpha value is -2.35. The minimum Gasteiger partial charge on any atom is -0.465 e. The Balaban J connectivity index is 2.17. The van der Waals surface area contributed by atoms with Gasteiger partial charge < -0.3 is 10.1 Å². The minimum absolute atomic E-state index is 0.0937. The first-order chi connectivity index (χ1) is 10.3. The van der Waals surface area contributed by atoms with Crippen LogP contribution in [-0.2, 0) is 10.9 Å². The van der Waals surface area contributed by atoms with Crippen LogP contribution in [0.1, 0.15) is 15.9 Å². The molecular weight excluding hydrogens is 323 g/mol. The van der Waals surface area contributed by atoms with Crippen molar-refractivity contribution < 1.29 is 22.7 Å². The number of nitrogens with one attached hydrogen (secondary N) is 1. The first-order valence-corrected chi connectivity index (χ1v) is 6.24. The highest BCUT2D eigenvalue weighted by molar-refractivity contribution is 6.30. The van der Waals surface area contributed by atoms with Crippen molar-refractivity contribution in [2.24, 2.45) is 0 Å². The number of benzene rings is 1. The van der Waals surface area contributed by atoms with E-state index in [4.69, 9.17) is 11.6 Å². The molecule has 5 nitrogen and oxygen atoms in total. The van der Waals surface area contributed by atoms with Crippen molar-refractivity contribution in [1.82, 2.24) is 9.97 Å². The molecule has 0 fully saturated rings. The molecule has 9 heteroatoms. The van der Waals surface area contributed by atoms with Crippen LogP contribution < -0.4 is 5.32 Å². The van der Waals surface area contributed by atoms with Crippen LogP contribution in [0.3, 0.4) is 0 Å². The van der Waals surface area contributed by atoms with Crippen LogP contribution in [0.4, 0.5) is 24.8 Å². The van der Waals surface area contributed by atoms with Gasteiger partial charge in [0.05, 0.1) is 12.7 Å². The number of hydrogen-bond acceptors (Lipinski definition) is 5. The quantitative estimate of drug-likeness (QED) is 0.686. The van der Waals surface area contributed by atoms with E-state index in [0.717, 1.165) is 0 Å². The van der Waals surface area contributed by atoms with E-state index >= 15 is 0 Å². The number of ether oxygens (including phenoxy) is 1. The predicted molar refractivity (Wildman–Crippen MR) is 73.1 cm³/mol. The average molecular weight is 332 g/mol. The largest absolute Gasteiger partial charge is 0.465 e. The fraction of sp³-hybridized carbons (Fsp3) is 0.154. The van der Waals surface area contributed by atoms with Gasteiger partial charge in [0.2, 0.25) is 5.95 Å². The van der Waals surface area contributed by atoms with Crippen LogP contribution in [-0.4, -0.2) is 23.0 Å². The molecule has 0 bridgehead atoms. The summed E-state index contributed by atoms with van der Waals surface area (Å²) in [5, 5.41) is 1.98. The highest BCUT2D eigenvalue weighted by Crippen LogP contribution is 2.33. The van der Waals surface area contributed by atoms with E-state index in [2.05, 4.69) is 20.0 Å². The van der Waals surface area contributed by atoms with Crippen molar-refractivity contribution in [3.05, 3.63) is 46.7 Å². The fourth-order valence-electron chi connectivity index (χ4n) is 1.55. The van der Waals surface area contributed by atoms with Gasteiger partial charge in [-0.3, -0.25) is 0 Å². The molecule has 1 N–H and O–H groups in total. The number of methoxy groups -OCH3 is 1. The summed E-state index contributed by atoms with van der Waals surface area (Å²) in [7, 11) is 1.26. The van der Waals surface area contributed by atoms with E-state index in [1.807, 2.05) is 0 Å². The number of nitrogens with zero attached hydrogens (tertiary/aromatic N) is 2. The van der Waals surface area contributed by atoms with Gasteiger partial charge in [0.1, 0.15) is 10.7 Å². The van der Waals surface area contributed by atoms with E-state index in [1.165, 1.54) is 31.4 Å². The van der Waals surface area contributed by atoms with Crippen molar-refractivity contribution in [3.63, 3.8) is 0 Å². The summed E-state index contributed by atoms with van der Waals surface area (Å²) in [6.45, 7) is 0. The number of hydrogen-bond donors (Lipinski definition) is 1. The zero-order valence-corrected chi connectivity index (χ0v) is 11.9. The number of aromatic nitrogens is 2. The molecule has 0 radical (unpaired) electrons. The third kappa shape index (κ3) is 3.64. The average Bonchev–Trinajstić information content (AvgIpc) is 2.46. The Bertz CT molecular complexity index is 690. The summed E-state index contributed by atoms with van der Waals surface area (Å²) in [5.74, 6) is -0.593. The summed E-state index contributed by atoms with van der Waals surface area (Å²) < 4.78 is 42.1. The van der Waals surface area contributed by atoms with E-state index in [9.17, 15) is 18.0 Å². The molecule has 1 heterocycles. The Morgan fingerprint density at radius 2 is 1.91 bits per heavy atom. The second-order valence-corrected chi connectivity index (χ2v) is 4.45. The standard InChI is InChI=1S/C13H9ClF3N3O2/c1-22-11(21)7-2-4-8(5-3-7)19-12-18-6-9(10(14)20-12)13(15,16)17/h2-6H,1H3,(H,18,19,20). The van der Waals surface area contributed by atoms with Crippen molar-refractivity contribution in [1.29, 1.82) is 0 Å². The number of carbonyl (C=O) groups excluding carboxylic acids is 1. The maximum absolute atomic E-state index is 12.5. The third-order valence-corrected chi connectivity index (χ3v) is 2.90. The molecule has 0 saturated heterocycles. The van der Waals surface area contributed by atoms with Crippen LogP contribution in [0.25, 0.3) is 0 Å². The Morgan fingerprint density at radius 3 is 2.41 bits per heavy atom. The van der Waals surface area contributed by atoms with Gasteiger partial charge in [-0.25, -0.2) is 14.8 Å². The lowest BCUT2D eigenvalue weighted by Gasteiger charge is -2.10. The zero-order chi connectivity index (χ0) is 16.3. The molecule has 0 unspecified atom stereocenters. The van der Waals surface area contributed by atoms with Gasteiger partial charge in [-0.05, 0) is 24.3 Å². The van der Waals surface area contributed by atoms with Crippen LogP contribution in [0.15, 0.2) is 30.5 Å². The molecule has 1 aromatic heterocycles. The Morgan fingerprint density at radius 1 is 1.27 bits per heavy atom. The van der Waals surface area contributed by atoms with Gasteiger partial charge in [-0.1, -0.05) is 11.6 Å². The van der Waals surface area contributed by atoms with Gasteiger partial charge in [0.25, 0.3) is 0 Å². The lowest BCUT2D eigenvalue weighted by Crippen LogP contribution is -2.09. The van der Waals surface area contributed by atoms with Crippen molar-refractivity contribution in [2.75, 3.05) is 12.4 Å². The molecule has 0 amide bonds. The number of esters is 1. The molecule has 0 aliphatic rings. The summed E-state index contributed by atoms with van der Waals surface area (Å²) in [6.07, 6.45) is -4.02. The molecule has 1 aromatic carbocycles. The van der Waals surface area contributed by atoms with Gasteiger partial charge in [-0.2, -0.15) is 13.2 Å². The summed E-state index contributed by atoms with van der Waals surface area (Å²) in [6, 6.07) is 6.03. The SMILES string of the molecule is COC(=O)c1ccc(Nc2ncc(C(F)(F)F)c(Cl)n2)cc1. The smallest absolute Gasteiger partial charge is 0.420 e. The van der Waals surface area contributed by atoms with Crippen molar-refractivity contribution in [3.8, 4) is 0 Å². The topological polar surface area (TPSA) is 64.1 Å². The van der Waals surface area contributed by atoms with Gasteiger partial charge in [0.15, 0.2) is 0 Å². The second kappa shape index (κ2) is 6.18. The molecule has 2 rings (SSSR count). The first-order valence-electron chi connectivity index (χ1n) is 5.86. The number of anilines is 2. The molecule has 0 atom stereocenters. The third-order valence-electron chi connectivity index (χ3n) is 2.61. The fourth-order valence-corrected chi connectivity index (χ4v) is 1.78. The molecular formula is C13H9ClF3N3O2. The molecule has 22 heavy (non-hydrogen) atoms. The predicted octanol–water partition coefficient (Wildman–Crippen LogP) is 3.68. The van der Waals surface area contributed by atoms with E-state index in [0.29, 0.717) is 17.4 Å². The number of alkyl halides is 3. The van der Waals surface area contributed by atoms with Crippen LogP contribution in [0, 0.1) is 0 Å². The highest BCUT2D eigenvalue weighted by atomic mass is 35.5. The number of halogens is 4. The van der Waals surface area contributed by atoms with Gasteiger partial charge >= 0.3 is 12.1 Å². The zero-order valence-electron chi connectivity index (χ0n) is 11.1. The first kappa shape index (κ1) is 16.0. The molecule has 0 saturated carbocycles. The second-order valence-electron chi connectivity index (χ2n) is 4.09. The Kier molecular flexibility index (Phi) is 4.51. The monoisotopic (exact) mass is 331 g/mol. The molecule has 0 aliphatic heterocycles. The lowest BCUT2D eigenvalue weighted by atomic mass is 10.2. The van der Waals surface area contributed by atoms with E-state index < -0.39 is 22.9 Å². The minimum atomic E-state index is -4.61. The van der Waals surface area contributed by atoms with Crippen LogP contribution >= 0.6 is 11.6 Å². The number of carbonyl (C=O) groups is 1. The van der Waals surface area contributed by atoms with E-state index in [-0.39, 0.29) is 5.95 Å². The molecule has 116 valence electrons. The van der Waals surface area contributed by atoms with E-state index in [1.54, 1.807) is 0 Å². The van der Waals surface area contributed by atoms with Crippen molar-refractivity contribution in [2.45, 2.75) is 6.18 Å². The summed E-state index contributed by atoms with van der Waals surface area (Å²) >= 11 is 5.49. The normalized spacial score (nSPS) is 11.1. The van der Waals surface area contributed by atoms with Crippen LogP contribution in [0.5, 0.6) is 0 Å². The molecule has 0 aliphatic carbocycles. The molecule has 0 spiro atoms. The van der Waals surface area contributed by atoms with Gasteiger partial charge in [0, 0.05) is 11.9 Å². The maximum Gasteiger partial charge on any atom is 0.420 e. The maximum atomic E-state index is 12.5. The lowest BCUT2D eigenvalue weighted by molar-refractivity contribution is -0.137. The summed E-state index contributed by atoms with van der Waals surface area (Å²) in [5.41, 5.74) is -0.302. The Labute approximate surface area is 128 Å². The van der Waals surface area contributed by atoms with Crippen LogP contribution in [0.2, 0.25) is 5.15 Å². The van der Waals surface area contributed by atoms with Crippen molar-refractivity contribution >= 4 is 29.2 Å². The highest BCUT2D eigenvalue weighted by Gasteiger charge is 2.34. The molecule has 2 aromatic rings.